The maximum atomic E-state index is 12.3. The number of nitrogens with one attached hydrogen (secondary N) is 2. The van der Waals surface area contributed by atoms with E-state index in [2.05, 4.69) is 5.32 Å². The fourth-order valence-corrected chi connectivity index (χ4v) is 2.37. The number of alkyl halides is 3. The Morgan fingerprint density at radius 1 is 1.03 bits per heavy atom. The number of halogens is 3. The highest BCUT2D eigenvalue weighted by molar-refractivity contribution is 6.07. The van der Waals surface area contributed by atoms with E-state index in [9.17, 15) is 22.8 Å². The number of carbonyl (C=O) groups excluding carboxylic acids is 2. The average Bonchev–Trinajstić information content (AvgIpc) is 2.70. The van der Waals surface area contributed by atoms with Gasteiger partial charge in [-0.25, -0.2) is 0 Å². The van der Waals surface area contributed by atoms with Gasteiger partial charge in [0.25, 0.3) is 5.91 Å². The molecule has 0 aliphatic heterocycles. The molecular weight excluding hydrogens is 389 g/mol. The minimum Gasteiger partial charge on any atom is -0.493 e. The van der Waals surface area contributed by atoms with E-state index < -0.39 is 24.5 Å². The van der Waals surface area contributed by atoms with Gasteiger partial charge in [-0.1, -0.05) is 18.2 Å². The molecule has 2 aromatic carbocycles. The number of anilines is 1. The van der Waals surface area contributed by atoms with Crippen LogP contribution in [0.2, 0.25) is 0 Å². The van der Waals surface area contributed by atoms with Gasteiger partial charge in [0.1, 0.15) is 6.54 Å². The molecule has 2 N–H and O–H groups in total. The van der Waals surface area contributed by atoms with Crippen LogP contribution in [0.1, 0.15) is 15.9 Å². The Morgan fingerprint density at radius 3 is 2.38 bits per heavy atom. The summed E-state index contributed by atoms with van der Waals surface area (Å²) >= 11 is 0. The summed E-state index contributed by atoms with van der Waals surface area (Å²) in [5, 5.41) is 4.26. The van der Waals surface area contributed by atoms with Gasteiger partial charge in [0.15, 0.2) is 11.5 Å². The summed E-state index contributed by atoms with van der Waals surface area (Å²) in [6.45, 7) is -1.46. The third kappa shape index (κ3) is 6.56. The molecule has 0 aromatic heterocycles. The number of para-hydroxylation sites is 1. The van der Waals surface area contributed by atoms with Crippen LogP contribution >= 0.6 is 0 Å². The molecule has 9 heteroatoms. The van der Waals surface area contributed by atoms with Crippen molar-refractivity contribution in [1.82, 2.24) is 5.32 Å². The van der Waals surface area contributed by atoms with Gasteiger partial charge in [-0.15, -0.1) is 0 Å². The fourth-order valence-electron chi connectivity index (χ4n) is 2.37. The zero-order chi connectivity index (χ0) is 21.4. The standard InChI is InChI=1S/C20H19F3N2O4/c1-28-16-9-7-13(11-17(16)29-2)8-10-18(26)25-15-6-4-3-5-14(15)19(27)24-12-20(21,22)23/h3-11H,12H2,1-2H3,(H,24,27)(H,25,26)/b10-8+. The summed E-state index contributed by atoms with van der Waals surface area (Å²) in [5.41, 5.74) is 0.674. The fraction of sp³-hybridized carbons (Fsp3) is 0.200. The zero-order valence-electron chi connectivity index (χ0n) is 15.7. The van der Waals surface area contributed by atoms with Gasteiger partial charge in [-0.3, -0.25) is 9.59 Å². The molecule has 2 amide bonds. The number of rotatable bonds is 7. The predicted octanol–water partition coefficient (Wildman–Crippen LogP) is 3.65. The number of hydrogen-bond donors (Lipinski definition) is 2. The van der Waals surface area contributed by atoms with Gasteiger partial charge in [0.05, 0.1) is 25.5 Å². The first kappa shape index (κ1) is 21.8. The topological polar surface area (TPSA) is 76.7 Å². The Labute approximate surface area is 165 Å². The molecule has 154 valence electrons. The molecule has 2 rings (SSSR count). The number of amides is 2. The first-order chi connectivity index (χ1) is 13.7. The number of carbonyl (C=O) groups is 2. The van der Waals surface area contributed by atoms with E-state index in [0.29, 0.717) is 17.1 Å². The number of benzene rings is 2. The lowest BCUT2D eigenvalue weighted by molar-refractivity contribution is -0.123. The van der Waals surface area contributed by atoms with Crippen LogP contribution in [0.15, 0.2) is 48.5 Å². The van der Waals surface area contributed by atoms with Gasteiger partial charge in [0, 0.05) is 6.08 Å². The summed E-state index contributed by atoms with van der Waals surface area (Å²) in [4.78, 5) is 24.2. The SMILES string of the molecule is COc1ccc(/C=C/C(=O)Nc2ccccc2C(=O)NCC(F)(F)F)cc1OC. The minimum atomic E-state index is -4.53. The van der Waals surface area contributed by atoms with Crippen molar-refractivity contribution in [2.45, 2.75) is 6.18 Å². The molecule has 0 bridgehead atoms. The van der Waals surface area contributed by atoms with Crippen molar-refractivity contribution in [2.24, 2.45) is 0 Å². The summed E-state index contributed by atoms with van der Waals surface area (Å²) in [7, 11) is 2.99. The average molecular weight is 408 g/mol. The van der Waals surface area contributed by atoms with Gasteiger partial charge in [0.2, 0.25) is 5.91 Å². The van der Waals surface area contributed by atoms with Crippen molar-refractivity contribution in [3.63, 3.8) is 0 Å². The third-order valence-electron chi connectivity index (χ3n) is 3.71. The Hall–Kier alpha value is -3.49. The molecular formula is C20H19F3N2O4. The molecule has 0 fully saturated rings. The molecule has 0 heterocycles. The molecule has 6 nitrogen and oxygen atoms in total. The summed E-state index contributed by atoms with van der Waals surface area (Å²) in [6, 6.07) is 10.8. The molecule has 0 radical (unpaired) electrons. The lowest BCUT2D eigenvalue weighted by Gasteiger charge is -2.12. The quantitative estimate of drug-likeness (QED) is 0.686. The smallest absolute Gasteiger partial charge is 0.405 e. The Morgan fingerprint density at radius 2 is 1.72 bits per heavy atom. The lowest BCUT2D eigenvalue weighted by Crippen LogP contribution is -2.34. The van der Waals surface area contributed by atoms with Crippen molar-refractivity contribution in [3.8, 4) is 11.5 Å². The molecule has 0 aliphatic carbocycles. The van der Waals surface area contributed by atoms with Crippen molar-refractivity contribution in [3.05, 3.63) is 59.7 Å². The van der Waals surface area contributed by atoms with Crippen LogP contribution in [0.5, 0.6) is 11.5 Å². The molecule has 0 aliphatic rings. The maximum absolute atomic E-state index is 12.3. The second-order valence-electron chi connectivity index (χ2n) is 5.78. The first-order valence-corrected chi connectivity index (χ1v) is 8.38. The second-order valence-corrected chi connectivity index (χ2v) is 5.78. The van der Waals surface area contributed by atoms with Crippen LogP contribution in [0, 0.1) is 0 Å². The maximum Gasteiger partial charge on any atom is 0.405 e. The van der Waals surface area contributed by atoms with Crippen LogP contribution in [0.4, 0.5) is 18.9 Å². The molecule has 0 atom stereocenters. The Bertz CT molecular complexity index is 911. The molecule has 0 saturated heterocycles. The normalized spacial score (nSPS) is 11.2. The molecule has 0 spiro atoms. The van der Waals surface area contributed by atoms with Crippen LogP contribution in [-0.2, 0) is 4.79 Å². The molecule has 2 aromatic rings. The van der Waals surface area contributed by atoms with Crippen molar-refractivity contribution < 1.29 is 32.2 Å². The highest BCUT2D eigenvalue weighted by atomic mass is 19.4. The highest BCUT2D eigenvalue weighted by Gasteiger charge is 2.28. The lowest BCUT2D eigenvalue weighted by atomic mass is 10.1. The molecule has 0 unspecified atom stereocenters. The van der Waals surface area contributed by atoms with Crippen molar-refractivity contribution in [1.29, 1.82) is 0 Å². The van der Waals surface area contributed by atoms with Crippen LogP contribution in [-0.4, -0.2) is 38.8 Å². The van der Waals surface area contributed by atoms with Crippen molar-refractivity contribution >= 4 is 23.6 Å². The predicted molar refractivity (Wildman–Crippen MR) is 102 cm³/mol. The monoisotopic (exact) mass is 408 g/mol. The van der Waals surface area contributed by atoms with Crippen LogP contribution in [0.25, 0.3) is 6.08 Å². The Balaban J connectivity index is 2.09. The van der Waals surface area contributed by atoms with E-state index in [0.717, 1.165) is 0 Å². The third-order valence-corrected chi connectivity index (χ3v) is 3.71. The summed E-state index contributed by atoms with van der Waals surface area (Å²) in [5.74, 6) is -0.479. The molecule has 29 heavy (non-hydrogen) atoms. The largest absolute Gasteiger partial charge is 0.493 e. The number of methoxy groups -OCH3 is 2. The summed E-state index contributed by atoms with van der Waals surface area (Å²) < 4.78 is 47.2. The zero-order valence-corrected chi connectivity index (χ0v) is 15.7. The van der Waals surface area contributed by atoms with E-state index in [1.165, 1.54) is 44.6 Å². The van der Waals surface area contributed by atoms with E-state index in [4.69, 9.17) is 9.47 Å². The van der Waals surface area contributed by atoms with Gasteiger partial charge >= 0.3 is 6.18 Å². The van der Waals surface area contributed by atoms with E-state index in [1.54, 1.807) is 29.6 Å². The minimum absolute atomic E-state index is 0.0791. The second kappa shape index (κ2) is 9.63. The molecule has 0 saturated carbocycles. The summed E-state index contributed by atoms with van der Waals surface area (Å²) in [6.07, 6.45) is -1.79. The van der Waals surface area contributed by atoms with E-state index >= 15 is 0 Å². The van der Waals surface area contributed by atoms with Crippen molar-refractivity contribution in [2.75, 3.05) is 26.1 Å². The highest BCUT2D eigenvalue weighted by Crippen LogP contribution is 2.28. The Kier molecular flexibility index (Phi) is 7.24. The van der Waals surface area contributed by atoms with Gasteiger partial charge in [-0.05, 0) is 35.9 Å². The number of hydrogen-bond acceptors (Lipinski definition) is 4. The number of ether oxygens (including phenoxy) is 2. The van der Waals surface area contributed by atoms with E-state index in [-0.39, 0.29) is 11.3 Å². The van der Waals surface area contributed by atoms with Gasteiger partial charge in [-0.2, -0.15) is 13.2 Å². The van der Waals surface area contributed by atoms with Crippen LogP contribution in [0.3, 0.4) is 0 Å². The van der Waals surface area contributed by atoms with Gasteiger partial charge < -0.3 is 20.1 Å². The van der Waals surface area contributed by atoms with E-state index in [1.807, 2.05) is 0 Å². The first-order valence-electron chi connectivity index (χ1n) is 8.38. The van der Waals surface area contributed by atoms with Crippen LogP contribution < -0.4 is 20.1 Å².